The van der Waals surface area contributed by atoms with E-state index >= 15 is 0 Å². The summed E-state index contributed by atoms with van der Waals surface area (Å²) in [6.45, 7) is 0.634. The van der Waals surface area contributed by atoms with Crippen molar-refractivity contribution in [2.45, 2.75) is 25.3 Å². The summed E-state index contributed by atoms with van der Waals surface area (Å²) in [5, 5.41) is 18.1. The van der Waals surface area contributed by atoms with Gasteiger partial charge in [-0.3, -0.25) is 0 Å². The molecule has 0 aromatic heterocycles. The van der Waals surface area contributed by atoms with E-state index in [-0.39, 0.29) is 0 Å². The van der Waals surface area contributed by atoms with Crippen LogP contribution in [0.2, 0.25) is 5.02 Å². The maximum absolute atomic E-state index is 10.7. The minimum atomic E-state index is -1.01. The summed E-state index contributed by atoms with van der Waals surface area (Å²) in [4.78, 5) is 12.8. The lowest BCUT2D eigenvalue weighted by Crippen LogP contribution is -2.27. The molecule has 20 heavy (non-hydrogen) atoms. The molecule has 0 bridgehead atoms. The smallest absolute Gasteiger partial charge is 0.328 e. The lowest BCUT2D eigenvalue weighted by atomic mass is 10.1. The summed E-state index contributed by atoms with van der Waals surface area (Å²) < 4.78 is 0. The maximum Gasteiger partial charge on any atom is 0.328 e. The topological polar surface area (TPSA) is 64.3 Å². The molecule has 0 amide bonds. The number of carboxylic acids is 1. The third-order valence-corrected chi connectivity index (χ3v) is 3.51. The average molecular weight is 291 g/mol. The van der Waals surface area contributed by atoms with Gasteiger partial charge >= 0.3 is 5.97 Å². The molecule has 0 unspecified atom stereocenters. The molecule has 0 atom stereocenters. The van der Waals surface area contributed by atoms with Gasteiger partial charge in [-0.1, -0.05) is 17.7 Å². The van der Waals surface area contributed by atoms with Crippen molar-refractivity contribution in [1.29, 1.82) is 5.26 Å². The van der Waals surface area contributed by atoms with Crippen molar-refractivity contribution in [2.75, 3.05) is 11.4 Å². The zero-order valence-corrected chi connectivity index (χ0v) is 11.7. The highest BCUT2D eigenvalue weighted by molar-refractivity contribution is 6.32. The Morgan fingerprint density at radius 3 is 2.90 bits per heavy atom. The van der Waals surface area contributed by atoms with Crippen molar-refractivity contribution in [2.24, 2.45) is 0 Å². The van der Waals surface area contributed by atoms with Crippen molar-refractivity contribution in [3.05, 3.63) is 34.9 Å². The van der Waals surface area contributed by atoms with Gasteiger partial charge < -0.3 is 10.0 Å². The van der Waals surface area contributed by atoms with E-state index in [1.807, 2.05) is 12.1 Å². The Bertz CT molecular complexity index is 574. The van der Waals surface area contributed by atoms with E-state index in [1.165, 1.54) is 6.08 Å². The number of hydrogen-bond donors (Lipinski definition) is 1. The standard InChI is InChI=1S/C15H15ClN2O2/c16-13-3-1-4-14(12(13)7-8-15(19)20)18(10-2-9-17)11-5-6-11/h1,3-4,7-8,11H,2,5-6,10H2,(H,19,20). The van der Waals surface area contributed by atoms with Crippen LogP contribution in [0.1, 0.15) is 24.8 Å². The third-order valence-electron chi connectivity index (χ3n) is 3.18. The van der Waals surface area contributed by atoms with E-state index in [4.69, 9.17) is 22.0 Å². The number of carbonyl (C=O) groups is 1. The Hall–Kier alpha value is -1.99. The van der Waals surface area contributed by atoms with Crippen LogP contribution in [0.4, 0.5) is 5.69 Å². The first-order chi connectivity index (χ1) is 9.63. The van der Waals surface area contributed by atoms with Crippen molar-refractivity contribution in [3.63, 3.8) is 0 Å². The molecule has 1 N–H and O–H groups in total. The molecule has 1 aromatic rings. The second kappa shape index (κ2) is 6.44. The van der Waals surface area contributed by atoms with E-state index in [1.54, 1.807) is 6.07 Å². The first kappa shape index (κ1) is 14.4. The monoisotopic (exact) mass is 290 g/mol. The fraction of sp³-hybridized carbons (Fsp3) is 0.333. The summed E-state index contributed by atoms with van der Waals surface area (Å²) in [5.74, 6) is -1.01. The number of halogens is 1. The molecule has 104 valence electrons. The lowest BCUT2D eigenvalue weighted by Gasteiger charge is -2.26. The Balaban J connectivity index is 2.35. The van der Waals surface area contributed by atoms with Crippen LogP contribution in [0.15, 0.2) is 24.3 Å². The molecule has 1 aliphatic rings. The zero-order valence-electron chi connectivity index (χ0n) is 10.9. The summed E-state index contributed by atoms with van der Waals surface area (Å²) in [7, 11) is 0. The zero-order chi connectivity index (χ0) is 14.5. The quantitative estimate of drug-likeness (QED) is 0.816. The van der Waals surface area contributed by atoms with Crippen LogP contribution >= 0.6 is 11.6 Å². The van der Waals surface area contributed by atoms with Gasteiger partial charge in [-0.15, -0.1) is 0 Å². The van der Waals surface area contributed by atoms with Gasteiger partial charge in [0.25, 0.3) is 0 Å². The Morgan fingerprint density at radius 1 is 1.55 bits per heavy atom. The fourth-order valence-electron chi connectivity index (χ4n) is 2.15. The van der Waals surface area contributed by atoms with Crippen molar-refractivity contribution in [3.8, 4) is 6.07 Å². The lowest BCUT2D eigenvalue weighted by molar-refractivity contribution is -0.131. The first-order valence-electron chi connectivity index (χ1n) is 6.46. The molecule has 4 nitrogen and oxygen atoms in total. The van der Waals surface area contributed by atoms with Crippen LogP contribution < -0.4 is 4.90 Å². The fourth-order valence-corrected chi connectivity index (χ4v) is 2.38. The minimum absolute atomic E-state index is 0.429. The molecule has 0 saturated heterocycles. The van der Waals surface area contributed by atoms with Gasteiger partial charge in [0.1, 0.15) is 0 Å². The van der Waals surface area contributed by atoms with Crippen LogP contribution in [0.3, 0.4) is 0 Å². The van der Waals surface area contributed by atoms with Crippen LogP contribution in [-0.2, 0) is 4.79 Å². The van der Waals surface area contributed by atoms with Gasteiger partial charge in [0.15, 0.2) is 0 Å². The molecular weight excluding hydrogens is 276 g/mol. The van der Waals surface area contributed by atoms with E-state index < -0.39 is 5.97 Å². The largest absolute Gasteiger partial charge is 0.478 e. The van der Waals surface area contributed by atoms with Gasteiger partial charge in [0.05, 0.1) is 12.5 Å². The van der Waals surface area contributed by atoms with E-state index in [0.29, 0.717) is 29.6 Å². The van der Waals surface area contributed by atoms with Crippen LogP contribution in [0.5, 0.6) is 0 Å². The summed E-state index contributed by atoms with van der Waals surface area (Å²) in [6.07, 6.45) is 5.23. The molecular formula is C15H15ClN2O2. The first-order valence-corrected chi connectivity index (χ1v) is 6.84. The summed E-state index contributed by atoms with van der Waals surface area (Å²) in [6, 6.07) is 8.08. The van der Waals surface area contributed by atoms with Gasteiger partial charge in [-0.05, 0) is 31.1 Å². The Kier molecular flexibility index (Phi) is 4.65. The van der Waals surface area contributed by atoms with E-state index in [0.717, 1.165) is 24.6 Å². The van der Waals surface area contributed by atoms with Gasteiger partial charge in [-0.25, -0.2) is 4.79 Å². The Morgan fingerprint density at radius 2 is 2.30 bits per heavy atom. The minimum Gasteiger partial charge on any atom is -0.478 e. The molecule has 2 rings (SSSR count). The molecule has 5 heteroatoms. The van der Waals surface area contributed by atoms with Gasteiger partial charge in [0, 0.05) is 34.9 Å². The van der Waals surface area contributed by atoms with E-state index in [2.05, 4.69) is 11.0 Å². The Labute approximate surface area is 122 Å². The number of aliphatic carboxylic acids is 1. The number of rotatable bonds is 6. The highest BCUT2D eigenvalue weighted by Gasteiger charge is 2.30. The summed E-state index contributed by atoms with van der Waals surface area (Å²) in [5.41, 5.74) is 1.59. The van der Waals surface area contributed by atoms with Crippen molar-refractivity contribution in [1.82, 2.24) is 0 Å². The second-order valence-corrected chi connectivity index (χ2v) is 5.08. The molecule has 1 aromatic carbocycles. The second-order valence-electron chi connectivity index (χ2n) is 4.68. The van der Waals surface area contributed by atoms with Crippen LogP contribution in [0, 0.1) is 11.3 Å². The summed E-state index contributed by atoms with van der Waals surface area (Å²) >= 11 is 6.18. The molecule has 0 spiro atoms. The van der Waals surface area contributed by atoms with E-state index in [9.17, 15) is 4.79 Å². The molecule has 1 fully saturated rings. The number of nitriles is 1. The van der Waals surface area contributed by atoms with Crippen LogP contribution in [-0.4, -0.2) is 23.7 Å². The SMILES string of the molecule is N#CCCN(c1cccc(Cl)c1C=CC(=O)O)C1CC1. The number of benzene rings is 1. The highest BCUT2D eigenvalue weighted by atomic mass is 35.5. The molecule has 1 aliphatic carbocycles. The van der Waals surface area contributed by atoms with Gasteiger partial charge in [-0.2, -0.15) is 5.26 Å². The van der Waals surface area contributed by atoms with Crippen molar-refractivity contribution < 1.29 is 9.90 Å². The molecule has 0 heterocycles. The van der Waals surface area contributed by atoms with Crippen molar-refractivity contribution >= 4 is 29.3 Å². The molecule has 0 aliphatic heterocycles. The highest BCUT2D eigenvalue weighted by Crippen LogP contribution is 2.36. The number of anilines is 1. The van der Waals surface area contributed by atoms with Gasteiger partial charge in [0.2, 0.25) is 0 Å². The molecule has 0 radical (unpaired) electrons. The number of carboxylic acid groups (broad SMARTS) is 1. The predicted octanol–water partition coefficient (Wildman–Crippen LogP) is 3.32. The van der Waals surface area contributed by atoms with Crippen LogP contribution in [0.25, 0.3) is 6.08 Å². The predicted molar refractivity (Wildman–Crippen MR) is 78.7 cm³/mol. The average Bonchev–Trinajstić information content (AvgIpc) is 3.22. The number of nitrogens with zero attached hydrogens (tertiary/aromatic N) is 2. The molecule has 1 saturated carbocycles. The maximum atomic E-state index is 10.7. The number of hydrogen-bond acceptors (Lipinski definition) is 3. The third kappa shape index (κ3) is 3.52. The normalized spacial score (nSPS) is 14.2.